The number of hydrogen-bond acceptors (Lipinski definition) is 6. The van der Waals surface area contributed by atoms with E-state index < -0.39 is 11.9 Å². The lowest BCUT2D eigenvalue weighted by Crippen LogP contribution is -2.20. The number of amides is 2. The number of nitrogens with one attached hydrogen (secondary N) is 2. The Labute approximate surface area is 151 Å². The van der Waals surface area contributed by atoms with Gasteiger partial charge in [-0.25, -0.2) is 0 Å². The molecule has 8 heteroatoms. The van der Waals surface area contributed by atoms with Crippen LogP contribution in [-0.2, 0) is 14.4 Å². The Balaban J connectivity index is 2.29. The van der Waals surface area contributed by atoms with E-state index in [9.17, 15) is 19.5 Å². The Morgan fingerprint density at radius 2 is 1.58 bits per heavy atom. The molecule has 0 aromatic heterocycles. The van der Waals surface area contributed by atoms with Crippen LogP contribution in [0, 0.1) is 5.92 Å². The van der Waals surface area contributed by atoms with Crippen LogP contribution in [0.4, 0.5) is 11.4 Å². The van der Waals surface area contributed by atoms with Crippen molar-refractivity contribution < 1.29 is 29.0 Å². The summed E-state index contributed by atoms with van der Waals surface area (Å²) in [5.74, 6) is -1.48. The molecule has 1 saturated carbocycles. The molecule has 0 spiro atoms. The van der Waals surface area contributed by atoms with Gasteiger partial charge in [0.05, 0.1) is 30.6 Å². The standard InChI is InChI=1S/C18H22N2O6/c1-3-25-14-10-13(20-18(24)11-5-6-11)15(26-4-2)9-12(14)19-16(21)7-8-17(22)23/h7-11H,3-6H2,1-2H3,(H,19,21)(H,20,24)(H,22,23)/p-1/b8-7+. The third-order valence-corrected chi connectivity index (χ3v) is 3.52. The second-order valence-corrected chi connectivity index (χ2v) is 5.62. The van der Waals surface area contributed by atoms with Crippen molar-refractivity contribution in [2.24, 2.45) is 5.92 Å². The van der Waals surface area contributed by atoms with E-state index in [4.69, 9.17) is 9.47 Å². The summed E-state index contributed by atoms with van der Waals surface area (Å²) in [6.45, 7) is 4.27. The highest BCUT2D eigenvalue weighted by Gasteiger charge is 2.30. The summed E-state index contributed by atoms with van der Waals surface area (Å²) in [4.78, 5) is 34.3. The first-order valence-electron chi connectivity index (χ1n) is 8.39. The third-order valence-electron chi connectivity index (χ3n) is 3.52. The number of benzene rings is 1. The minimum atomic E-state index is -1.47. The third kappa shape index (κ3) is 5.51. The number of carbonyl (C=O) groups excluding carboxylic acids is 3. The molecule has 1 aromatic carbocycles. The van der Waals surface area contributed by atoms with Crippen LogP contribution >= 0.6 is 0 Å². The van der Waals surface area contributed by atoms with Crippen LogP contribution in [0.25, 0.3) is 0 Å². The van der Waals surface area contributed by atoms with Crippen molar-refractivity contribution in [3.8, 4) is 11.5 Å². The van der Waals surface area contributed by atoms with Gasteiger partial charge in [0.1, 0.15) is 11.5 Å². The summed E-state index contributed by atoms with van der Waals surface area (Å²) in [6.07, 6.45) is 3.21. The number of carboxylic acids is 1. The number of hydrogen-bond donors (Lipinski definition) is 2. The van der Waals surface area contributed by atoms with E-state index in [0.717, 1.165) is 18.9 Å². The van der Waals surface area contributed by atoms with Crippen LogP contribution in [0.1, 0.15) is 26.7 Å². The fraction of sp³-hybridized carbons (Fsp3) is 0.389. The summed E-state index contributed by atoms with van der Waals surface area (Å²) in [6, 6.07) is 3.11. The zero-order valence-corrected chi connectivity index (χ0v) is 14.7. The molecule has 0 aliphatic heterocycles. The molecule has 2 rings (SSSR count). The molecule has 1 aliphatic rings. The van der Waals surface area contributed by atoms with E-state index in [0.29, 0.717) is 42.2 Å². The predicted octanol–water partition coefficient (Wildman–Crippen LogP) is 1.08. The second-order valence-electron chi connectivity index (χ2n) is 5.62. The minimum absolute atomic E-state index is 0.0224. The summed E-state index contributed by atoms with van der Waals surface area (Å²) in [7, 11) is 0. The van der Waals surface area contributed by atoms with Gasteiger partial charge in [0.2, 0.25) is 11.8 Å². The normalized spacial score (nSPS) is 13.3. The molecule has 0 unspecified atom stereocenters. The van der Waals surface area contributed by atoms with Crippen molar-refractivity contribution in [2.75, 3.05) is 23.8 Å². The number of carbonyl (C=O) groups is 3. The van der Waals surface area contributed by atoms with Crippen molar-refractivity contribution >= 4 is 29.2 Å². The smallest absolute Gasteiger partial charge is 0.248 e. The Bertz CT molecular complexity index is 725. The molecule has 2 amide bonds. The lowest BCUT2D eigenvalue weighted by molar-refractivity contribution is -0.297. The topological polar surface area (TPSA) is 117 Å². The quantitative estimate of drug-likeness (QED) is 0.636. The summed E-state index contributed by atoms with van der Waals surface area (Å²) in [5.41, 5.74) is 0.753. The number of anilines is 2. The number of carboxylic acid groups (broad SMARTS) is 1. The van der Waals surface area contributed by atoms with E-state index in [2.05, 4.69) is 10.6 Å². The molecule has 1 fully saturated rings. The number of rotatable bonds is 9. The van der Waals surface area contributed by atoms with Gasteiger partial charge >= 0.3 is 0 Å². The molecule has 0 radical (unpaired) electrons. The van der Waals surface area contributed by atoms with E-state index >= 15 is 0 Å². The van der Waals surface area contributed by atoms with Gasteiger partial charge in [-0.2, -0.15) is 0 Å². The highest BCUT2D eigenvalue weighted by atomic mass is 16.5. The maximum absolute atomic E-state index is 12.1. The Kier molecular flexibility index (Phi) is 6.60. The maximum Gasteiger partial charge on any atom is 0.248 e. The summed E-state index contributed by atoms with van der Waals surface area (Å²) >= 11 is 0. The van der Waals surface area contributed by atoms with Crippen molar-refractivity contribution in [3.05, 3.63) is 24.3 Å². The van der Waals surface area contributed by atoms with Crippen LogP contribution in [-0.4, -0.2) is 31.0 Å². The van der Waals surface area contributed by atoms with Crippen LogP contribution in [0.15, 0.2) is 24.3 Å². The van der Waals surface area contributed by atoms with Gasteiger partial charge in [-0.15, -0.1) is 0 Å². The largest absolute Gasteiger partial charge is 0.545 e. The number of ether oxygens (including phenoxy) is 2. The Morgan fingerprint density at radius 1 is 1.04 bits per heavy atom. The predicted molar refractivity (Wildman–Crippen MR) is 92.9 cm³/mol. The Hall–Kier alpha value is -3.03. The van der Waals surface area contributed by atoms with E-state index in [1.165, 1.54) is 6.07 Å². The van der Waals surface area contributed by atoms with Gasteiger partial charge in [-0.1, -0.05) is 0 Å². The first-order valence-corrected chi connectivity index (χ1v) is 8.39. The average molecular weight is 361 g/mol. The summed E-state index contributed by atoms with van der Waals surface area (Å²) in [5, 5.41) is 15.8. The van der Waals surface area contributed by atoms with Crippen molar-refractivity contribution in [3.63, 3.8) is 0 Å². The van der Waals surface area contributed by atoms with E-state index in [1.54, 1.807) is 19.9 Å². The van der Waals surface area contributed by atoms with Crippen molar-refractivity contribution in [2.45, 2.75) is 26.7 Å². The zero-order valence-electron chi connectivity index (χ0n) is 14.7. The van der Waals surface area contributed by atoms with E-state index in [-0.39, 0.29) is 11.8 Å². The highest BCUT2D eigenvalue weighted by Crippen LogP contribution is 2.38. The second kappa shape index (κ2) is 8.89. The molecule has 2 N–H and O–H groups in total. The van der Waals surface area contributed by atoms with Crippen LogP contribution in [0.2, 0.25) is 0 Å². The molecule has 140 valence electrons. The monoisotopic (exact) mass is 361 g/mol. The molecule has 1 aromatic rings. The Morgan fingerprint density at radius 3 is 2.04 bits per heavy atom. The van der Waals surface area contributed by atoms with Crippen LogP contribution in [0.5, 0.6) is 11.5 Å². The molecular weight excluding hydrogens is 340 g/mol. The van der Waals surface area contributed by atoms with Crippen molar-refractivity contribution in [1.29, 1.82) is 0 Å². The van der Waals surface area contributed by atoms with Gasteiger partial charge in [0.25, 0.3) is 0 Å². The lowest BCUT2D eigenvalue weighted by atomic mass is 10.2. The van der Waals surface area contributed by atoms with Gasteiger partial charge in [0, 0.05) is 24.1 Å². The lowest BCUT2D eigenvalue weighted by Gasteiger charge is -2.17. The maximum atomic E-state index is 12.1. The number of aliphatic carboxylic acids is 1. The molecular formula is C18H21N2O6-. The molecule has 0 atom stereocenters. The first-order chi connectivity index (χ1) is 12.4. The molecule has 26 heavy (non-hydrogen) atoms. The van der Waals surface area contributed by atoms with Gasteiger partial charge in [-0.05, 0) is 32.8 Å². The van der Waals surface area contributed by atoms with Crippen LogP contribution in [0.3, 0.4) is 0 Å². The molecule has 0 bridgehead atoms. The molecule has 1 aliphatic carbocycles. The van der Waals surface area contributed by atoms with Gasteiger partial charge in [-0.3, -0.25) is 9.59 Å². The fourth-order valence-corrected chi connectivity index (χ4v) is 2.20. The van der Waals surface area contributed by atoms with Crippen molar-refractivity contribution in [1.82, 2.24) is 0 Å². The fourth-order valence-electron chi connectivity index (χ4n) is 2.20. The van der Waals surface area contributed by atoms with Gasteiger partial charge < -0.3 is 30.0 Å². The average Bonchev–Trinajstić information content (AvgIpc) is 3.42. The van der Waals surface area contributed by atoms with E-state index in [1.807, 2.05) is 0 Å². The van der Waals surface area contributed by atoms with Crippen LogP contribution < -0.4 is 25.2 Å². The molecule has 8 nitrogen and oxygen atoms in total. The van der Waals surface area contributed by atoms with Gasteiger partial charge in [0.15, 0.2) is 0 Å². The summed E-state index contributed by atoms with van der Waals surface area (Å²) < 4.78 is 11.1. The zero-order chi connectivity index (χ0) is 19.1. The molecule has 0 heterocycles. The molecule has 0 saturated heterocycles. The highest BCUT2D eigenvalue weighted by molar-refractivity contribution is 6.03. The minimum Gasteiger partial charge on any atom is -0.545 e. The first kappa shape index (κ1) is 19.3. The SMILES string of the molecule is CCOc1cc(NC(=O)C2CC2)c(OCC)cc1NC(=O)/C=C/C(=O)[O-].